The van der Waals surface area contributed by atoms with E-state index >= 15 is 0 Å². The van der Waals surface area contributed by atoms with Crippen LogP contribution in [0.25, 0.3) is 41.6 Å². The molecule has 4 aromatic carbocycles. The highest BCUT2D eigenvalue weighted by molar-refractivity contribution is 7.22. The van der Waals surface area contributed by atoms with Crippen molar-refractivity contribution in [3.05, 3.63) is 114 Å². The molecule has 9 heteroatoms. The Morgan fingerprint density at radius 3 is 1.88 bits per heavy atom. The molecule has 0 radical (unpaired) electrons. The lowest BCUT2D eigenvalue weighted by molar-refractivity contribution is 0.465. The van der Waals surface area contributed by atoms with Crippen molar-refractivity contribution in [2.75, 3.05) is 5.73 Å². The quantitative estimate of drug-likeness (QED) is 0.216. The van der Waals surface area contributed by atoms with Gasteiger partial charge >= 0.3 is 0 Å². The van der Waals surface area contributed by atoms with Crippen LogP contribution in [0.1, 0.15) is 0 Å². The van der Waals surface area contributed by atoms with Crippen molar-refractivity contribution in [2.45, 2.75) is 0 Å². The summed E-state index contributed by atoms with van der Waals surface area (Å²) in [5, 5.41) is 11.9. The van der Waals surface area contributed by atoms with E-state index in [-0.39, 0.29) is 5.75 Å². The first-order chi connectivity index (χ1) is 19.5. The fraction of sp³-hybridized carbons (Fsp3) is 0. The van der Waals surface area contributed by atoms with E-state index in [0.29, 0.717) is 22.3 Å². The van der Waals surface area contributed by atoms with Gasteiger partial charge in [0.25, 0.3) is 0 Å². The number of nitrogens with zero attached hydrogens (tertiary/aromatic N) is 3. The van der Waals surface area contributed by atoms with E-state index in [1.807, 2.05) is 84.9 Å². The molecule has 0 fully saturated rings. The molecular formula is C31H21ClN4O2S2. The van der Waals surface area contributed by atoms with Crippen molar-refractivity contribution in [1.29, 1.82) is 0 Å². The van der Waals surface area contributed by atoms with Gasteiger partial charge in [-0.05, 0) is 54.6 Å². The lowest BCUT2D eigenvalue weighted by atomic mass is 10.2. The maximum atomic E-state index is 9.76. The molecule has 0 unspecified atom stereocenters. The van der Waals surface area contributed by atoms with Gasteiger partial charge in [0.15, 0.2) is 0 Å². The first-order valence-electron chi connectivity index (χ1n) is 12.2. The predicted molar refractivity (Wildman–Crippen MR) is 166 cm³/mol. The van der Waals surface area contributed by atoms with E-state index in [2.05, 4.69) is 21.0 Å². The number of nitrogen functional groups attached to an aromatic ring is 1. The number of rotatable bonds is 4. The van der Waals surface area contributed by atoms with Crippen LogP contribution in [0, 0.1) is 0 Å². The van der Waals surface area contributed by atoms with Crippen molar-refractivity contribution < 1.29 is 9.84 Å². The van der Waals surface area contributed by atoms with Gasteiger partial charge in [-0.1, -0.05) is 60.1 Å². The number of phenols is 1. The second kappa shape index (κ2) is 11.3. The van der Waals surface area contributed by atoms with Crippen LogP contribution in [0.4, 0.5) is 5.69 Å². The van der Waals surface area contributed by atoms with Gasteiger partial charge in [0, 0.05) is 0 Å². The highest BCUT2D eigenvalue weighted by Gasteiger charge is 2.14. The molecule has 40 heavy (non-hydrogen) atoms. The molecule has 196 valence electrons. The molecule has 7 rings (SSSR count). The number of pyridine rings is 1. The molecule has 0 aliphatic carbocycles. The molecule has 6 nitrogen and oxygen atoms in total. The van der Waals surface area contributed by atoms with Gasteiger partial charge < -0.3 is 15.6 Å². The first-order valence-corrected chi connectivity index (χ1v) is 14.2. The van der Waals surface area contributed by atoms with Gasteiger partial charge in [-0.25, -0.2) is 15.0 Å². The average molecular weight is 581 g/mol. The molecule has 3 aromatic heterocycles. The molecule has 0 amide bonds. The average Bonchev–Trinajstić information content (AvgIpc) is 3.60. The molecule has 0 aliphatic heterocycles. The van der Waals surface area contributed by atoms with Crippen LogP contribution in [0.2, 0.25) is 5.02 Å². The smallest absolute Gasteiger partial charge is 0.238 e. The van der Waals surface area contributed by atoms with E-state index in [0.717, 1.165) is 41.6 Å². The summed E-state index contributed by atoms with van der Waals surface area (Å²) in [6, 6.07) is 32.6. The zero-order valence-corrected chi connectivity index (χ0v) is 23.3. The fourth-order valence-electron chi connectivity index (χ4n) is 3.98. The maximum absolute atomic E-state index is 9.76. The number of hydrogen-bond acceptors (Lipinski definition) is 8. The van der Waals surface area contributed by atoms with E-state index in [1.165, 1.54) is 6.20 Å². The number of para-hydroxylation sites is 4. The Hall–Kier alpha value is -4.50. The normalized spacial score (nSPS) is 10.8. The number of benzene rings is 4. The fourth-order valence-corrected chi connectivity index (χ4v) is 6.19. The van der Waals surface area contributed by atoms with E-state index in [4.69, 9.17) is 22.1 Å². The summed E-state index contributed by atoms with van der Waals surface area (Å²) in [5.74, 6) is 1.25. The monoisotopic (exact) mass is 580 g/mol. The number of aromatic nitrogens is 3. The Morgan fingerprint density at radius 2 is 1.25 bits per heavy atom. The summed E-state index contributed by atoms with van der Waals surface area (Å²) in [7, 11) is 0. The molecule has 7 aromatic rings. The molecule has 0 bridgehead atoms. The van der Waals surface area contributed by atoms with Crippen LogP contribution >= 0.6 is 34.3 Å². The third kappa shape index (κ3) is 5.46. The minimum atomic E-state index is 0.279. The van der Waals surface area contributed by atoms with Gasteiger partial charge in [-0.15, -0.1) is 22.7 Å². The Labute approximate surface area is 243 Å². The van der Waals surface area contributed by atoms with Crippen LogP contribution < -0.4 is 10.5 Å². The number of fused-ring (bicyclic) bond motifs is 2. The third-order valence-corrected chi connectivity index (χ3v) is 8.29. The molecular weight excluding hydrogens is 560 g/mol. The molecule has 3 heterocycles. The Morgan fingerprint density at radius 1 is 0.700 bits per heavy atom. The number of hydrogen-bond donors (Lipinski definition) is 2. The minimum absolute atomic E-state index is 0.279. The molecule has 0 saturated heterocycles. The Balaban J connectivity index is 0.000000157. The van der Waals surface area contributed by atoms with E-state index in [9.17, 15) is 5.11 Å². The SMILES string of the molecule is Nc1cnc(Oc2ccccc2-c2nc3ccccc3s2)c(Cl)c1.Oc1ccccc1-c1nc2ccccc2s1. The van der Waals surface area contributed by atoms with Crippen LogP contribution in [0.15, 0.2) is 109 Å². The summed E-state index contributed by atoms with van der Waals surface area (Å²) >= 11 is 9.37. The Kier molecular flexibility index (Phi) is 7.29. The molecule has 0 aliphatic rings. The number of halogens is 1. The molecule has 0 spiro atoms. The highest BCUT2D eigenvalue weighted by Crippen LogP contribution is 2.39. The summed E-state index contributed by atoms with van der Waals surface area (Å²) in [6.07, 6.45) is 1.52. The van der Waals surface area contributed by atoms with Crippen LogP contribution in [0.5, 0.6) is 17.4 Å². The van der Waals surface area contributed by atoms with Crippen LogP contribution in [-0.4, -0.2) is 20.1 Å². The predicted octanol–water partition coefficient (Wildman–Crippen LogP) is 9.06. The standard InChI is InChI=1S/C18H12ClN3OS.C13H9NOS/c19-13-9-11(20)10-21-17(13)23-15-7-3-1-5-12(15)18-22-14-6-2-4-8-16(14)24-18;15-11-7-3-1-5-9(11)13-14-10-6-2-4-8-12(10)16-13/h1-10H,20H2;1-8,15H. The van der Waals surface area contributed by atoms with E-state index < -0.39 is 0 Å². The third-order valence-electron chi connectivity index (χ3n) is 5.87. The van der Waals surface area contributed by atoms with Crippen LogP contribution in [-0.2, 0) is 0 Å². The number of aromatic hydroxyl groups is 1. The lowest BCUT2D eigenvalue weighted by Crippen LogP contribution is -1.93. The summed E-state index contributed by atoms with van der Waals surface area (Å²) < 4.78 is 8.18. The summed E-state index contributed by atoms with van der Waals surface area (Å²) in [5.41, 5.74) is 9.80. The number of phenolic OH excluding ortho intramolecular Hbond substituents is 1. The molecule has 3 N–H and O–H groups in total. The first kappa shape index (κ1) is 25.8. The van der Waals surface area contributed by atoms with Gasteiger partial charge in [0.05, 0.1) is 43.4 Å². The number of thiazole rings is 2. The van der Waals surface area contributed by atoms with Crippen molar-refractivity contribution >= 4 is 60.4 Å². The van der Waals surface area contributed by atoms with Crippen LogP contribution in [0.3, 0.4) is 0 Å². The van der Waals surface area contributed by atoms with Crippen molar-refractivity contribution in [1.82, 2.24) is 15.0 Å². The highest BCUT2D eigenvalue weighted by atomic mass is 35.5. The zero-order chi connectivity index (χ0) is 27.5. The zero-order valence-electron chi connectivity index (χ0n) is 20.9. The van der Waals surface area contributed by atoms with Gasteiger partial charge in [-0.2, -0.15) is 0 Å². The second-order valence-electron chi connectivity index (χ2n) is 8.64. The lowest BCUT2D eigenvalue weighted by Gasteiger charge is -2.10. The Bertz CT molecular complexity index is 1890. The van der Waals surface area contributed by atoms with Gasteiger partial charge in [-0.3, -0.25) is 0 Å². The topological polar surface area (TPSA) is 94.2 Å². The summed E-state index contributed by atoms with van der Waals surface area (Å²) in [6.45, 7) is 0. The molecule has 0 saturated carbocycles. The van der Waals surface area contributed by atoms with Gasteiger partial charge in [0.1, 0.15) is 26.5 Å². The second-order valence-corrected chi connectivity index (χ2v) is 11.1. The minimum Gasteiger partial charge on any atom is -0.507 e. The van der Waals surface area contributed by atoms with Crippen molar-refractivity contribution in [3.63, 3.8) is 0 Å². The summed E-state index contributed by atoms with van der Waals surface area (Å²) in [4.78, 5) is 13.3. The van der Waals surface area contributed by atoms with Crippen molar-refractivity contribution in [3.8, 4) is 38.5 Å². The van der Waals surface area contributed by atoms with Gasteiger partial charge in [0.2, 0.25) is 5.88 Å². The van der Waals surface area contributed by atoms with Crippen molar-refractivity contribution in [2.24, 2.45) is 0 Å². The number of anilines is 1. The number of ether oxygens (including phenoxy) is 1. The number of nitrogens with two attached hydrogens (primary N) is 1. The molecule has 0 atom stereocenters. The maximum Gasteiger partial charge on any atom is 0.238 e. The largest absolute Gasteiger partial charge is 0.507 e. The van der Waals surface area contributed by atoms with E-state index in [1.54, 1.807) is 34.8 Å².